The monoisotopic (exact) mass is 290 g/mol. The highest BCUT2D eigenvalue weighted by atomic mass is 32.2. The first-order valence-corrected chi connectivity index (χ1v) is 6.49. The van der Waals surface area contributed by atoms with Crippen LogP contribution in [0, 0.1) is 0 Å². The van der Waals surface area contributed by atoms with E-state index in [9.17, 15) is 23.1 Å². The number of rotatable bonds is 4. The Morgan fingerprint density at radius 1 is 1.37 bits per heavy atom. The molecule has 0 bridgehead atoms. The zero-order valence-electron chi connectivity index (χ0n) is 10.2. The van der Waals surface area contributed by atoms with Gasteiger partial charge in [-0.3, -0.25) is 4.79 Å². The topological polar surface area (TPSA) is 37.3 Å². The van der Waals surface area contributed by atoms with Gasteiger partial charge in [0.15, 0.2) is 5.12 Å². The Hall–Kier alpha value is -1.43. The molecule has 0 radical (unpaired) electrons. The Labute approximate surface area is 113 Å². The van der Waals surface area contributed by atoms with Crippen molar-refractivity contribution in [2.24, 2.45) is 0 Å². The lowest BCUT2D eigenvalue weighted by Crippen LogP contribution is -2.04. The third-order valence-corrected chi connectivity index (χ3v) is 3.01. The van der Waals surface area contributed by atoms with Crippen LogP contribution in [-0.4, -0.2) is 16.0 Å². The molecular formula is C13H13F3O2S. The molecule has 0 unspecified atom stereocenters. The maximum atomic E-state index is 12.5. The van der Waals surface area contributed by atoms with E-state index in [2.05, 4.69) is 0 Å². The van der Waals surface area contributed by atoms with E-state index in [0.717, 1.165) is 17.8 Å². The predicted octanol–water partition coefficient (Wildman–Crippen LogP) is 4.09. The molecule has 1 aromatic carbocycles. The number of aromatic hydroxyl groups is 1. The van der Waals surface area contributed by atoms with Crippen LogP contribution in [0.5, 0.6) is 5.75 Å². The van der Waals surface area contributed by atoms with Gasteiger partial charge < -0.3 is 5.11 Å². The second-order valence-electron chi connectivity index (χ2n) is 3.84. The Kier molecular flexibility index (Phi) is 5.47. The molecule has 0 aliphatic rings. The van der Waals surface area contributed by atoms with Gasteiger partial charge in [0, 0.05) is 12.7 Å². The van der Waals surface area contributed by atoms with Gasteiger partial charge in [-0.2, -0.15) is 13.2 Å². The molecule has 0 heterocycles. The minimum atomic E-state index is -4.48. The summed E-state index contributed by atoms with van der Waals surface area (Å²) < 4.78 is 37.5. The highest BCUT2D eigenvalue weighted by Gasteiger charge is 2.31. The Morgan fingerprint density at radius 3 is 2.63 bits per heavy atom. The number of halogens is 3. The van der Waals surface area contributed by atoms with Crippen LogP contribution in [0.3, 0.4) is 0 Å². The van der Waals surface area contributed by atoms with Crippen LogP contribution in [-0.2, 0) is 11.0 Å². The Balaban J connectivity index is 2.71. The number of benzene rings is 1. The van der Waals surface area contributed by atoms with Crippen LogP contribution in [0.2, 0.25) is 0 Å². The van der Waals surface area contributed by atoms with Gasteiger partial charge in [-0.1, -0.05) is 23.9 Å². The van der Waals surface area contributed by atoms with Gasteiger partial charge in [-0.25, -0.2) is 0 Å². The van der Waals surface area contributed by atoms with Crippen LogP contribution in [0.15, 0.2) is 24.3 Å². The molecule has 0 saturated carbocycles. The van der Waals surface area contributed by atoms with Crippen molar-refractivity contribution in [1.82, 2.24) is 0 Å². The first-order chi connectivity index (χ1) is 8.79. The Morgan fingerprint density at radius 2 is 2.05 bits per heavy atom. The molecule has 104 valence electrons. The zero-order valence-corrected chi connectivity index (χ0v) is 11.0. The SMILES string of the molecule is CC(=O)SCCC=Cc1cc(O)cc(C(F)(F)F)c1. The highest BCUT2D eigenvalue weighted by molar-refractivity contribution is 8.13. The number of carbonyl (C=O) groups is 1. The van der Waals surface area contributed by atoms with Crippen LogP contribution < -0.4 is 0 Å². The van der Waals surface area contributed by atoms with Gasteiger partial charge in [0.25, 0.3) is 0 Å². The normalized spacial score (nSPS) is 12.0. The lowest BCUT2D eigenvalue weighted by molar-refractivity contribution is -0.137. The Bertz CT molecular complexity index is 481. The molecule has 0 aliphatic heterocycles. The van der Waals surface area contributed by atoms with E-state index in [4.69, 9.17) is 0 Å². The summed E-state index contributed by atoms with van der Waals surface area (Å²) in [5, 5.41) is 9.25. The predicted molar refractivity (Wildman–Crippen MR) is 69.9 cm³/mol. The van der Waals surface area contributed by atoms with Crippen molar-refractivity contribution in [3.63, 3.8) is 0 Å². The van der Waals surface area contributed by atoms with Crippen LogP contribution in [0.4, 0.5) is 13.2 Å². The van der Waals surface area contributed by atoms with Gasteiger partial charge in [0.1, 0.15) is 5.75 Å². The fourth-order valence-electron chi connectivity index (χ4n) is 1.38. The second-order valence-corrected chi connectivity index (χ2v) is 5.11. The summed E-state index contributed by atoms with van der Waals surface area (Å²) in [6.07, 6.45) is -0.742. The molecule has 2 nitrogen and oxygen atoms in total. The highest BCUT2D eigenvalue weighted by Crippen LogP contribution is 2.32. The summed E-state index contributed by atoms with van der Waals surface area (Å²) in [5.41, 5.74) is -0.606. The summed E-state index contributed by atoms with van der Waals surface area (Å²) in [6, 6.07) is 2.90. The largest absolute Gasteiger partial charge is 0.508 e. The summed E-state index contributed by atoms with van der Waals surface area (Å²) >= 11 is 1.16. The van der Waals surface area contributed by atoms with Crippen LogP contribution in [0.25, 0.3) is 6.08 Å². The van der Waals surface area contributed by atoms with E-state index >= 15 is 0 Å². The van der Waals surface area contributed by atoms with Crippen molar-refractivity contribution in [2.45, 2.75) is 19.5 Å². The van der Waals surface area contributed by atoms with E-state index < -0.39 is 17.5 Å². The van der Waals surface area contributed by atoms with Gasteiger partial charge in [-0.05, 0) is 30.2 Å². The maximum absolute atomic E-state index is 12.5. The summed E-state index contributed by atoms with van der Waals surface area (Å²) in [6.45, 7) is 1.46. The molecule has 1 rings (SSSR count). The summed E-state index contributed by atoms with van der Waals surface area (Å²) in [5.74, 6) is 0.157. The first-order valence-electron chi connectivity index (χ1n) is 5.50. The fourth-order valence-corrected chi connectivity index (χ4v) is 1.93. The number of carbonyl (C=O) groups excluding carboxylic acids is 1. The molecular weight excluding hydrogens is 277 g/mol. The van der Waals surface area contributed by atoms with Gasteiger partial charge in [0.2, 0.25) is 0 Å². The molecule has 0 fully saturated rings. The number of hydrogen-bond donors (Lipinski definition) is 1. The lowest BCUT2D eigenvalue weighted by Gasteiger charge is -2.08. The van der Waals surface area contributed by atoms with Gasteiger partial charge in [-0.15, -0.1) is 0 Å². The lowest BCUT2D eigenvalue weighted by atomic mass is 10.1. The minimum Gasteiger partial charge on any atom is -0.508 e. The molecule has 1 N–H and O–H groups in total. The average molecular weight is 290 g/mol. The molecule has 1 aromatic rings. The fraction of sp³-hybridized carbons (Fsp3) is 0.308. The molecule has 6 heteroatoms. The number of phenolic OH excluding ortho intramolecular Hbond substituents is 1. The van der Waals surface area contributed by atoms with E-state index in [1.54, 1.807) is 6.08 Å². The third-order valence-electron chi connectivity index (χ3n) is 2.17. The molecule has 0 amide bonds. The van der Waals surface area contributed by atoms with E-state index in [1.807, 2.05) is 0 Å². The van der Waals surface area contributed by atoms with Gasteiger partial charge in [0.05, 0.1) is 5.56 Å². The molecule has 19 heavy (non-hydrogen) atoms. The van der Waals surface area contributed by atoms with Crippen molar-refractivity contribution < 1.29 is 23.1 Å². The quantitative estimate of drug-likeness (QED) is 0.848. The molecule has 0 saturated heterocycles. The molecule has 0 aliphatic carbocycles. The molecule has 0 spiro atoms. The third kappa shape index (κ3) is 5.83. The van der Waals surface area contributed by atoms with Crippen molar-refractivity contribution >= 4 is 23.0 Å². The van der Waals surface area contributed by atoms with Gasteiger partial charge >= 0.3 is 6.18 Å². The van der Waals surface area contributed by atoms with Crippen molar-refractivity contribution in [2.75, 3.05) is 5.75 Å². The van der Waals surface area contributed by atoms with E-state index in [1.165, 1.54) is 19.1 Å². The van der Waals surface area contributed by atoms with Crippen molar-refractivity contribution in [3.8, 4) is 5.75 Å². The minimum absolute atomic E-state index is 0.00473. The van der Waals surface area contributed by atoms with Crippen LogP contribution in [0.1, 0.15) is 24.5 Å². The maximum Gasteiger partial charge on any atom is 0.416 e. The van der Waals surface area contributed by atoms with Crippen molar-refractivity contribution in [3.05, 3.63) is 35.4 Å². The summed E-state index contributed by atoms with van der Waals surface area (Å²) in [7, 11) is 0. The standard InChI is InChI=1S/C13H13F3O2S/c1-9(17)19-5-3-2-4-10-6-11(13(14,15)16)8-12(18)7-10/h2,4,6-8,18H,3,5H2,1H3. The van der Waals surface area contributed by atoms with Crippen LogP contribution >= 0.6 is 11.8 Å². The zero-order chi connectivity index (χ0) is 14.5. The second kappa shape index (κ2) is 6.65. The number of hydrogen-bond acceptors (Lipinski definition) is 3. The number of allylic oxidation sites excluding steroid dienone is 1. The van der Waals surface area contributed by atoms with E-state index in [-0.39, 0.29) is 10.7 Å². The average Bonchev–Trinajstić information content (AvgIpc) is 2.26. The number of thioether (sulfide) groups is 1. The molecule has 0 aromatic heterocycles. The first kappa shape index (κ1) is 15.6. The molecule has 0 atom stereocenters. The number of alkyl halides is 3. The number of phenols is 1. The summed E-state index contributed by atoms with van der Waals surface area (Å²) in [4.78, 5) is 10.7. The van der Waals surface area contributed by atoms with Crippen molar-refractivity contribution in [1.29, 1.82) is 0 Å². The van der Waals surface area contributed by atoms with E-state index in [0.29, 0.717) is 18.2 Å². The smallest absolute Gasteiger partial charge is 0.416 e.